The van der Waals surface area contributed by atoms with E-state index < -0.39 is 0 Å². The van der Waals surface area contributed by atoms with E-state index in [1.54, 1.807) is 0 Å². The first-order chi connectivity index (χ1) is 8.33. The lowest BCUT2D eigenvalue weighted by molar-refractivity contribution is 0.715. The van der Waals surface area contributed by atoms with Gasteiger partial charge in [-0.1, -0.05) is 18.2 Å². The van der Waals surface area contributed by atoms with Crippen LogP contribution in [0.4, 0.5) is 0 Å². The normalized spacial score (nSPS) is 11.9. The van der Waals surface area contributed by atoms with Gasteiger partial charge in [-0.2, -0.15) is 0 Å². The number of halogens is 2. The van der Waals surface area contributed by atoms with Crippen LogP contribution in [0.3, 0.4) is 0 Å². The van der Waals surface area contributed by atoms with Crippen LogP contribution in [0.1, 0.15) is 11.1 Å². The molecule has 0 unspecified atom stereocenters. The van der Waals surface area contributed by atoms with Gasteiger partial charge >= 0.3 is 0 Å². The Morgan fingerprint density at radius 2 is 1.82 bits per heavy atom. The molecule has 0 aromatic heterocycles. The maximum Gasteiger partial charge on any atom is 0.192 e. The van der Waals surface area contributed by atoms with Crippen LogP contribution in [0.25, 0.3) is 11.1 Å². The third-order valence-corrected chi connectivity index (χ3v) is 4.00. The molecule has 86 valence electrons. The van der Waals surface area contributed by atoms with Crippen molar-refractivity contribution in [3.63, 3.8) is 0 Å². The molecule has 0 aliphatic heterocycles. The van der Waals surface area contributed by atoms with E-state index in [0.717, 1.165) is 17.9 Å². The van der Waals surface area contributed by atoms with Crippen molar-refractivity contribution in [1.82, 2.24) is 0 Å². The Hall–Kier alpha value is -0.500. The number of fused-ring (bicyclic) bond motifs is 3. The molecule has 0 fully saturated rings. The second-order valence-corrected chi connectivity index (χ2v) is 4.82. The van der Waals surface area contributed by atoms with Crippen molar-refractivity contribution < 1.29 is 6.13 Å². The lowest BCUT2D eigenvalue weighted by Crippen LogP contribution is -1.83. The Bertz CT molecular complexity index is 582. The second-order valence-electron chi connectivity index (χ2n) is 3.94. The molecule has 17 heavy (non-hydrogen) atoms. The zero-order valence-electron chi connectivity index (χ0n) is 8.74. The highest BCUT2D eigenvalue weighted by molar-refractivity contribution is 14.1. The Balaban J connectivity index is 2.24. The zero-order chi connectivity index (χ0) is 11.8. The van der Waals surface area contributed by atoms with Crippen LogP contribution in [0.2, 0.25) is 0 Å². The van der Waals surface area contributed by atoms with Gasteiger partial charge in [0.25, 0.3) is 0 Å². The summed E-state index contributed by atoms with van der Waals surface area (Å²) >= 11 is 3.83. The maximum absolute atomic E-state index is 5.41. The molecule has 2 nitrogen and oxygen atoms in total. The lowest BCUT2D eigenvalue weighted by atomic mass is 10.0. The third-order valence-electron chi connectivity index (χ3n) is 3.02. The van der Waals surface area contributed by atoms with Gasteiger partial charge in [-0.3, -0.25) is 0 Å². The van der Waals surface area contributed by atoms with Gasteiger partial charge in [-0.15, -0.1) is 0 Å². The van der Waals surface area contributed by atoms with Crippen molar-refractivity contribution in [3.8, 4) is 22.6 Å². The second kappa shape index (κ2) is 4.64. The minimum atomic E-state index is 0.875. The van der Waals surface area contributed by atoms with Crippen LogP contribution >= 0.6 is 46.0 Å². The molecule has 0 saturated heterocycles. The molecular weight excluding hydrogens is 442 g/mol. The molecule has 0 bridgehead atoms. The molecule has 0 amide bonds. The number of benzene rings is 2. The molecule has 1 aliphatic carbocycles. The van der Waals surface area contributed by atoms with Crippen LogP contribution in [0.5, 0.6) is 11.5 Å². The lowest BCUT2D eigenvalue weighted by Gasteiger charge is -2.07. The van der Waals surface area contributed by atoms with E-state index in [-0.39, 0.29) is 0 Å². The fourth-order valence-electron chi connectivity index (χ4n) is 2.29. The Kier molecular flexibility index (Phi) is 3.16. The summed E-state index contributed by atoms with van der Waals surface area (Å²) in [4.78, 5) is 0. The van der Waals surface area contributed by atoms with Crippen LogP contribution in [-0.2, 0) is 6.42 Å². The molecular formula is C13H8I2O2. The van der Waals surface area contributed by atoms with E-state index in [1.165, 1.54) is 22.3 Å². The fourth-order valence-corrected chi connectivity index (χ4v) is 2.93. The predicted molar refractivity (Wildman–Crippen MR) is 84.0 cm³/mol. The van der Waals surface area contributed by atoms with Gasteiger partial charge in [0, 0.05) is 5.56 Å². The first-order valence-electron chi connectivity index (χ1n) is 5.16. The summed E-state index contributed by atoms with van der Waals surface area (Å²) in [7, 11) is 0. The van der Waals surface area contributed by atoms with E-state index in [1.807, 2.05) is 64.2 Å². The van der Waals surface area contributed by atoms with E-state index >= 15 is 0 Å². The molecule has 0 saturated carbocycles. The van der Waals surface area contributed by atoms with E-state index in [0.29, 0.717) is 0 Å². The third kappa shape index (κ3) is 1.91. The first kappa shape index (κ1) is 11.6. The molecule has 0 N–H and O–H groups in total. The van der Waals surface area contributed by atoms with Gasteiger partial charge < -0.3 is 6.13 Å². The predicted octanol–water partition coefficient (Wildman–Crippen LogP) is 4.72. The smallest absolute Gasteiger partial charge is 0.192 e. The van der Waals surface area contributed by atoms with Crippen LogP contribution in [0, 0.1) is 0 Å². The van der Waals surface area contributed by atoms with Gasteiger partial charge in [0.05, 0.1) is 0 Å². The van der Waals surface area contributed by atoms with E-state index in [4.69, 9.17) is 6.13 Å². The zero-order valence-corrected chi connectivity index (χ0v) is 13.1. The monoisotopic (exact) mass is 450 g/mol. The quantitative estimate of drug-likeness (QED) is 0.527. The van der Waals surface area contributed by atoms with Gasteiger partial charge in [-0.05, 0) is 41.3 Å². The molecule has 0 spiro atoms. The minimum absolute atomic E-state index is 0.875. The molecule has 0 heterocycles. The van der Waals surface area contributed by atoms with Crippen LogP contribution in [-0.4, -0.2) is 0 Å². The Labute approximate surface area is 128 Å². The van der Waals surface area contributed by atoms with Crippen molar-refractivity contribution in [2.45, 2.75) is 6.42 Å². The topological polar surface area (TPSA) is 18.5 Å². The largest absolute Gasteiger partial charge is 0.428 e. The van der Waals surface area contributed by atoms with E-state index in [9.17, 15) is 0 Å². The molecule has 3 rings (SSSR count). The summed E-state index contributed by atoms with van der Waals surface area (Å²) in [6, 6.07) is 12.4. The first-order valence-corrected chi connectivity index (χ1v) is 6.92. The van der Waals surface area contributed by atoms with Gasteiger partial charge in [-0.25, -0.2) is 0 Å². The highest BCUT2D eigenvalue weighted by atomic mass is 127. The number of hydrogen-bond donors (Lipinski definition) is 0. The summed E-state index contributed by atoms with van der Waals surface area (Å²) in [6.07, 6.45) is 0.972. The average Bonchev–Trinajstić information content (AvgIpc) is 2.75. The Morgan fingerprint density at radius 3 is 2.59 bits per heavy atom. The van der Waals surface area contributed by atoms with Crippen molar-refractivity contribution in [2.75, 3.05) is 0 Å². The highest BCUT2D eigenvalue weighted by Gasteiger charge is 2.22. The average molecular weight is 450 g/mol. The Morgan fingerprint density at radius 1 is 0.941 bits per heavy atom. The van der Waals surface area contributed by atoms with E-state index in [2.05, 4.69) is 18.2 Å². The van der Waals surface area contributed by atoms with Crippen molar-refractivity contribution in [2.24, 2.45) is 0 Å². The molecule has 0 atom stereocenters. The fraction of sp³-hybridized carbons (Fsp3) is 0.0769. The summed E-state index contributed by atoms with van der Waals surface area (Å²) in [5.41, 5.74) is 5.08. The summed E-state index contributed by atoms with van der Waals surface area (Å²) in [6.45, 7) is 0. The molecule has 1 aliphatic rings. The van der Waals surface area contributed by atoms with Gasteiger partial charge in [0.15, 0.2) is 46.0 Å². The minimum Gasteiger partial charge on any atom is -0.428 e. The molecule has 4 heteroatoms. The summed E-state index contributed by atoms with van der Waals surface area (Å²) < 4.78 is 10.7. The summed E-state index contributed by atoms with van der Waals surface area (Å²) in [5, 5.41) is 0. The van der Waals surface area contributed by atoms with Crippen molar-refractivity contribution in [3.05, 3.63) is 47.5 Å². The molecule has 2 aromatic rings. The van der Waals surface area contributed by atoms with Crippen LogP contribution in [0.15, 0.2) is 36.4 Å². The standard InChI is InChI=1S/C13H8I2O2/c14-16-10-5-4-8-6-9-2-1-3-12(17-15)13(9)11(8)7-10/h1-5,7H,6H2. The number of rotatable bonds is 2. The van der Waals surface area contributed by atoms with Gasteiger partial charge in [0.2, 0.25) is 0 Å². The van der Waals surface area contributed by atoms with Gasteiger partial charge in [0.1, 0.15) is 11.5 Å². The maximum atomic E-state index is 5.41. The highest BCUT2D eigenvalue weighted by Crippen LogP contribution is 2.44. The van der Waals surface area contributed by atoms with Crippen molar-refractivity contribution >= 4 is 46.0 Å². The van der Waals surface area contributed by atoms with Crippen LogP contribution < -0.4 is 6.13 Å². The SMILES string of the molecule is IOc1ccc2c(c1)-c1c(cccc1OI)C2. The number of hydrogen-bond acceptors (Lipinski definition) is 2. The molecule has 0 radical (unpaired) electrons. The summed E-state index contributed by atoms with van der Waals surface area (Å²) in [5.74, 6) is 1.80. The van der Waals surface area contributed by atoms with Crippen molar-refractivity contribution in [1.29, 1.82) is 0 Å². The molecule has 2 aromatic carbocycles.